The zero-order valence-corrected chi connectivity index (χ0v) is 44.2. The molecule has 5 amide bonds. The second kappa shape index (κ2) is 23.0. The van der Waals surface area contributed by atoms with Gasteiger partial charge in [0.1, 0.15) is 24.0 Å². The van der Waals surface area contributed by atoms with Gasteiger partial charge in [-0.25, -0.2) is 14.2 Å². The fourth-order valence-corrected chi connectivity index (χ4v) is 12.9. The quantitative estimate of drug-likeness (QED) is 0.0575. The molecule has 406 valence electrons. The number of ketones is 3. The smallest absolute Gasteiger partial charge is 0.343 e. The van der Waals surface area contributed by atoms with Crippen molar-refractivity contribution in [2.24, 2.45) is 17.8 Å². The maximum atomic E-state index is 15.5. The fraction of sp³-hybridized carbons (Fsp3) is 0.491. The Balaban J connectivity index is 0.782. The van der Waals surface area contributed by atoms with Gasteiger partial charge in [-0.2, -0.15) is 0 Å². The van der Waals surface area contributed by atoms with Gasteiger partial charge in [-0.15, -0.1) is 11.8 Å². The normalized spacial score (nSPS) is 21.7. The van der Waals surface area contributed by atoms with Crippen molar-refractivity contribution < 1.29 is 57.4 Å². The van der Waals surface area contributed by atoms with E-state index in [-0.39, 0.29) is 104 Å². The lowest BCUT2D eigenvalue weighted by Crippen LogP contribution is -2.44. The summed E-state index contributed by atoms with van der Waals surface area (Å²) >= 11 is 1.25. The Labute approximate surface area is 448 Å². The van der Waals surface area contributed by atoms with Crippen LogP contribution in [0.2, 0.25) is 0 Å². The van der Waals surface area contributed by atoms with Crippen molar-refractivity contribution >= 4 is 75.5 Å². The van der Waals surface area contributed by atoms with Crippen molar-refractivity contribution in [3.63, 3.8) is 0 Å². The predicted molar refractivity (Wildman–Crippen MR) is 280 cm³/mol. The van der Waals surface area contributed by atoms with E-state index < -0.39 is 76.8 Å². The Morgan fingerprint density at radius 3 is 2.39 bits per heavy atom. The topological polar surface area (TPSA) is 257 Å². The van der Waals surface area contributed by atoms with Gasteiger partial charge >= 0.3 is 5.97 Å². The Morgan fingerprint density at radius 1 is 0.909 bits per heavy atom. The molecule has 0 spiro atoms. The number of Topliss-reactive ketones (excluding diaryl/α,β-unsaturated/α-hetero) is 3. The van der Waals surface area contributed by atoms with Crippen molar-refractivity contribution in [2.75, 3.05) is 25.4 Å². The first-order chi connectivity index (χ1) is 36.8. The van der Waals surface area contributed by atoms with E-state index in [4.69, 9.17) is 9.72 Å². The molecule has 18 nitrogen and oxygen atoms in total. The highest BCUT2D eigenvalue weighted by Crippen LogP contribution is 2.46. The number of benzene rings is 2. The number of cyclic esters (lactones) is 1. The number of pyridine rings is 2. The Morgan fingerprint density at radius 2 is 1.66 bits per heavy atom. The number of hydrogen-bond donors (Lipinski definition) is 4. The second-order valence-corrected chi connectivity index (χ2v) is 22.4. The molecule has 3 aliphatic heterocycles. The summed E-state index contributed by atoms with van der Waals surface area (Å²) in [6.07, 6.45) is 3.58. The van der Waals surface area contributed by atoms with Crippen LogP contribution in [0.4, 0.5) is 4.39 Å². The van der Waals surface area contributed by atoms with Crippen LogP contribution in [0.3, 0.4) is 0 Å². The van der Waals surface area contributed by atoms with E-state index in [1.165, 1.54) is 27.3 Å². The van der Waals surface area contributed by atoms with Crippen molar-refractivity contribution in [2.45, 2.75) is 134 Å². The fourth-order valence-electron chi connectivity index (χ4n) is 11.7. The summed E-state index contributed by atoms with van der Waals surface area (Å²) in [7, 11) is 0. The van der Waals surface area contributed by atoms with Gasteiger partial charge in [0.25, 0.3) is 5.56 Å². The summed E-state index contributed by atoms with van der Waals surface area (Å²) in [5, 5.41) is 19.8. The highest BCUT2D eigenvalue weighted by Gasteiger charge is 2.46. The number of nitrogens with zero attached hydrogens (tertiary/aromatic N) is 3. The summed E-state index contributed by atoms with van der Waals surface area (Å²) in [6.45, 7) is 4.10. The molecule has 2 aliphatic carbocycles. The maximum Gasteiger partial charge on any atom is 0.343 e. The first kappa shape index (κ1) is 54.8. The van der Waals surface area contributed by atoms with Crippen molar-refractivity contribution in [1.82, 2.24) is 30.4 Å². The molecule has 1 unspecified atom stereocenters. The number of halogens is 1. The monoisotopic (exact) mass is 1070 g/mol. The van der Waals surface area contributed by atoms with Gasteiger partial charge in [0.05, 0.1) is 53.4 Å². The van der Waals surface area contributed by atoms with Crippen LogP contribution in [0.15, 0.2) is 47.3 Å². The van der Waals surface area contributed by atoms with Gasteiger partial charge in [-0.3, -0.25) is 48.1 Å². The molecule has 4 aromatic rings. The van der Waals surface area contributed by atoms with Crippen LogP contribution in [-0.2, 0) is 79.5 Å². The van der Waals surface area contributed by atoms with E-state index in [2.05, 4.69) is 16.0 Å². The van der Waals surface area contributed by atoms with Crippen LogP contribution in [0.1, 0.15) is 129 Å². The number of carbonyl (C=O) groups is 9. The van der Waals surface area contributed by atoms with Crippen LogP contribution in [0.5, 0.6) is 0 Å². The molecule has 1 saturated heterocycles. The molecule has 9 rings (SSSR count). The number of imide groups is 1. The van der Waals surface area contributed by atoms with Crippen LogP contribution in [-0.4, -0.2) is 103 Å². The number of carbonyl (C=O) groups excluding carboxylic acids is 9. The first-order valence-electron chi connectivity index (χ1n) is 26.5. The van der Waals surface area contributed by atoms with Gasteiger partial charge < -0.3 is 30.4 Å². The summed E-state index contributed by atoms with van der Waals surface area (Å²) < 4.78 is 22.2. The summed E-state index contributed by atoms with van der Waals surface area (Å²) in [5.41, 5.74) is 1.89. The Bertz CT molecular complexity index is 3170. The molecule has 5 heterocycles. The van der Waals surface area contributed by atoms with Crippen LogP contribution < -0.4 is 21.5 Å². The number of hydrogen-bond acceptors (Lipinski definition) is 14. The van der Waals surface area contributed by atoms with E-state index in [9.17, 15) is 53.1 Å². The van der Waals surface area contributed by atoms with E-state index in [0.29, 0.717) is 64.1 Å². The number of esters is 1. The minimum atomic E-state index is -2.06. The van der Waals surface area contributed by atoms with Crippen molar-refractivity contribution in [1.29, 1.82) is 0 Å². The molecule has 77 heavy (non-hydrogen) atoms. The number of aliphatic hydroxyl groups is 1. The zero-order valence-electron chi connectivity index (χ0n) is 43.4. The molecule has 2 fully saturated rings. The molecule has 20 heteroatoms. The minimum Gasteiger partial charge on any atom is -0.458 e. The second-order valence-electron chi connectivity index (χ2n) is 21.1. The highest BCUT2D eigenvalue weighted by atomic mass is 32.2. The third-order valence-corrected chi connectivity index (χ3v) is 17.4. The number of likely N-dealkylation sites (tertiary alicyclic amines) is 1. The Kier molecular flexibility index (Phi) is 16.4. The molecular formula is C57H63FN6O12S. The third-order valence-electron chi connectivity index (χ3n) is 16.2. The molecule has 1 saturated carbocycles. The van der Waals surface area contributed by atoms with Crippen molar-refractivity contribution in [3.05, 3.63) is 97.6 Å². The number of fused-ring (bicyclic) bond motifs is 5. The standard InChI is InChI=1S/C57H63FN6O12S/c1-4-57(75)41-22-45-52-39(28-63(45)54(72)40(41)29-76-56(57)74)51-43(16-15-38-30(2)42(58)23-44(62-52)50(38)51)61-48(69)26-60-53(71)35(20-32-8-6-5-7-9-32)21-37(67)25-59-47(68)17-14-36(66)18-19-77-46-24-49(70)64(55(46)73)27-33-10-12-34(13-11-33)31(3)65/h5-9,22-23,33-35,43,46,75H,4,10-21,24-29H2,1-3H3,(H,59,68)(H,60,71)(H,61,69)/t33?,34?,35-,43+,46?,57+/m1/s1. The summed E-state index contributed by atoms with van der Waals surface area (Å²) in [5.74, 6) is -4.36. The van der Waals surface area contributed by atoms with E-state index in [1.54, 1.807) is 51.1 Å². The number of rotatable bonds is 21. The zero-order chi connectivity index (χ0) is 54.9. The van der Waals surface area contributed by atoms with E-state index >= 15 is 4.39 Å². The molecule has 0 radical (unpaired) electrons. The van der Waals surface area contributed by atoms with Gasteiger partial charge in [0.2, 0.25) is 29.5 Å². The average molecular weight is 1080 g/mol. The lowest BCUT2D eigenvalue weighted by molar-refractivity contribution is -0.172. The van der Waals surface area contributed by atoms with Crippen LogP contribution >= 0.6 is 11.8 Å². The number of thioether (sulfide) groups is 1. The minimum absolute atomic E-state index is 0.0435. The summed E-state index contributed by atoms with van der Waals surface area (Å²) in [4.78, 5) is 137. The maximum absolute atomic E-state index is 15.5. The largest absolute Gasteiger partial charge is 0.458 e. The average Bonchev–Trinajstić information content (AvgIpc) is 3.92. The number of aromatic nitrogens is 2. The molecule has 0 bridgehead atoms. The van der Waals surface area contributed by atoms with Crippen LogP contribution in [0, 0.1) is 30.5 Å². The van der Waals surface area contributed by atoms with Gasteiger partial charge in [0.15, 0.2) is 11.4 Å². The lowest BCUT2D eigenvalue weighted by atomic mass is 9.80. The van der Waals surface area contributed by atoms with E-state index in [0.717, 1.165) is 36.8 Å². The first-order valence-corrected chi connectivity index (χ1v) is 27.6. The molecule has 2 aromatic carbocycles. The lowest BCUT2D eigenvalue weighted by Gasteiger charge is -2.31. The van der Waals surface area contributed by atoms with Gasteiger partial charge in [-0.1, -0.05) is 37.3 Å². The van der Waals surface area contributed by atoms with Gasteiger partial charge in [-0.05, 0) is 99.5 Å². The summed E-state index contributed by atoms with van der Waals surface area (Å²) in [6, 6.07) is 11.2. The SMILES string of the molecule is CC[C@@]1(O)C(=O)OCc2c1cc1n(c2=O)Cc2c-1nc1cc(F)c(C)c3c1c2[C@@H](NC(=O)CNC(=O)[C@@H](CC(=O)CNC(=O)CCC(=O)CCSC1CC(=O)N(CC2CCC(C(C)=O)CC2)C1=O)Cc1ccccc1)CC3. The molecular weight excluding hydrogens is 1010 g/mol. The van der Waals surface area contributed by atoms with Gasteiger partial charge in [0, 0.05) is 78.8 Å². The number of amides is 5. The predicted octanol–water partition coefficient (Wildman–Crippen LogP) is 4.68. The van der Waals surface area contributed by atoms with Crippen molar-refractivity contribution in [3.8, 4) is 11.4 Å². The third kappa shape index (κ3) is 11.4. The number of nitrogens with one attached hydrogen (secondary N) is 3. The molecule has 4 N–H and O–H groups in total. The highest BCUT2D eigenvalue weighted by molar-refractivity contribution is 8.00. The molecule has 2 aromatic heterocycles. The molecule has 4 atom stereocenters. The number of aryl methyl sites for hydroxylation is 1. The van der Waals surface area contributed by atoms with E-state index in [1.807, 2.05) is 6.07 Å². The Hall–Kier alpha value is -6.93. The van der Waals surface area contributed by atoms with Crippen LogP contribution in [0.25, 0.3) is 22.3 Å². The molecule has 5 aliphatic rings. The number of ether oxygens (including phenoxy) is 1.